The lowest BCUT2D eigenvalue weighted by molar-refractivity contribution is 0.866. The van der Waals surface area contributed by atoms with E-state index >= 15 is 0 Å². The molecule has 1 aliphatic heterocycles. The Morgan fingerprint density at radius 1 is 1.43 bits per heavy atom. The molecule has 0 fully saturated rings. The highest BCUT2D eigenvalue weighted by atomic mass is 32.2. The lowest BCUT2D eigenvalue weighted by atomic mass is 10.4. The van der Waals surface area contributed by atoms with Gasteiger partial charge in [-0.05, 0) is 19.1 Å². The number of thioether (sulfide) groups is 1. The summed E-state index contributed by atoms with van der Waals surface area (Å²) in [6, 6.07) is 3.99. The van der Waals surface area contributed by atoms with Crippen molar-refractivity contribution in [3.05, 3.63) is 30.0 Å². The highest BCUT2D eigenvalue weighted by Gasteiger charge is 2.19. The number of hydrogen-bond donors (Lipinski definition) is 0. The number of fused-ring (bicyclic) bond motifs is 3. The first-order valence-corrected chi connectivity index (χ1v) is 5.34. The van der Waals surface area contributed by atoms with E-state index < -0.39 is 0 Å². The monoisotopic (exact) mass is 204 g/mol. The van der Waals surface area contributed by atoms with Crippen LogP contribution in [0.2, 0.25) is 0 Å². The minimum Gasteiger partial charge on any atom is -0.280 e. The second kappa shape index (κ2) is 2.81. The molecule has 0 radical (unpaired) electrons. The molecule has 0 atom stereocenters. The van der Waals surface area contributed by atoms with Crippen LogP contribution >= 0.6 is 11.8 Å². The Kier molecular flexibility index (Phi) is 1.61. The van der Waals surface area contributed by atoms with Crippen LogP contribution in [0.1, 0.15) is 11.6 Å². The molecule has 1 aliphatic rings. The lowest BCUT2D eigenvalue weighted by Gasteiger charge is -2.16. The molecule has 0 saturated heterocycles. The molecule has 2 aromatic heterocycles. The van der Waals surface area contributed by atoms with Crippen LogP contribution in [-0.4, -0.2) is 19.7 Å². The highest BCUT2D eigenvalue weighted by Crippen LogP contribution is 2.32. The molecule has 3 heterocycles. The predicted molar refractivity (Wildman–Crippen MR) is 53.5 cm³/mol. The fraction of sp³-hybridized carbons (Fsp3) is 0.222. The molecule has 0 bridgehead atoms. The van der Waals surface area contributed by atoms with Crippen molar-refractivity contribution in [1.82, 2.24) is 19.7 Å². The van der Waals surface area contributed by atoms with Crippen LogP contribution in [-0.2, 0) is 5.75 Å². The molecule has 0 aliphatic carbocycles. The van der Waals surface area contributed by atoms with E-state index in [1.807, 2.05) is 25.3 Å². The van der Waals surface area contributed by atoms with Crippen molar-refractivity contribution in [2.45, 2.75) is 17.7 Å². The second-order valence-electron chi connectivity index (χ2n) is 3.12. The highest BCUT2D eigenvalue weighted by molar-refractivity contribution is 7.98. The van der Waals surface area contributed by atoms with Gasteiger partial charge < -0.3 is 0 Å². The van der Waals surface area contributed by atoms with Gasteiger partial charge in [0, 0.05) is 6.20 Å². The molecule has 2 aromatic rings. The van der Waals surface area contributed by atoms with Gasteiger partial charge in [0.2, 0.25) is 0 Å². The Hall–Kier alpha value is -1.36. The van der Waals surface area contributed by atoms with Gasteiger partial charge in [-0.3, -0.25) is 4.57 Å². The second-order valence-corrected chi connectivity index (χ2v) is 4.08. The molecule has 0 saturated carbocycles. The summed E-state index contributed by atoms with van der Waals surface area (Å²) in [4.78, 5) is 4.33. The zero-order valence-corrected chi connectivity index (χ0v) is 8.45. The Morgan fingerprint density at radius 3 is 3.29 bits per heavy atom. The Balaban J connectivity index is 2.32. The SMILES string of the molecule is Cc1nnc2n1-c1cccnc1SC2. The molecule has 0 spiro atoms. The number of aromatic nitrogens is 4. The smallest absolute Gasteiger partial charge is 0.148 e. The molecule has 14 heavy (non-hydrogen) atoms. The zero-order chi connectivity index (χ0) is 9.54. The number of rotatable bonds is 0. The van der Waals surface area contributed by atoms with E-state index in [1.165, 1.54) is 0 Å². The Morgan fingerprint density at radius 2 is 2.36 bits per heavy atom. The van der Waals surface area contributed by atoms with Gasteiger partial charge in [-0.25, -0.2) is 4.98 Å². The van der Waals surface area contributed by atoms with Gasteiger partial charge in [0.15, 0.2) is 0 Å². The summed E-state index contributed by atoms with van der Waals surface area (Å²) in [6.07, 6.45) is 1.82. The number of pyridine rings is 1. The van der Waals surface area contributed by atoms with Crippen LogP contribution in [0.25, 0.3) is 5.69 Å². The molecule has 0 unspecified atom stereocenters. The Bertz CT molecular complexity index is 491. The fourth-order valence-electron chi connectivity index (χ4n) is 1.61. The van der Waals surface area contributed by atoms with Crippen LogP contribution in [0.4, 0.5) is 0 Å². The average molecular weight is 204 g/mol. The summed E-state index contributed by atoms with van der Waals surface area (Å²) in [7, 11) is 0. The van der Waals surface area contributed by atoms with Crippen LogP contribution in [0.5, 0.6) is 0 Å². The summed E-state index contributed by atoms with van der Waals surface area (Å²) < 4.78 is 2.07. The first kappa shape index (κ1) is 7.99. The van der Waals surface area contributed by atoms with Gasteiger partial charge in [-0.15, -0.1) is 10.2 Å². The molecule has 5 heteroatoms. The van der Waals surface area contributed by atoms with Crippen molar-refractivity contribution in [3.8, 4) is 5.69 Å². The van der Waals surface area contributed by atoms with Crippen molar-refractivity contribution in [1.29, 1.82) is 0 Å². The fourth-order valence-corrected chi connectivity index (χ4v) is 2.50. The maximum absolute atomic E-state index is 4.33. The lowest BCUT2D eigenvalue weighted by Crippen LogP contribution is -2.08. The molecule has 70 valence electrons. The van der Waals surface area contributed by atoms with Crippen LogP contribution in [0, 0.1) is 6.92 Å². The van der Waals surface area contributed by atoms with Gasteiger partial charge >= 0.3 is 0 Å². The van der Waals surface area contributed by atoms with E-state index in [-0.39, 0.29) is 0 Å². The normalized spacial score (nSPS) is 13.5. The maximum Gasteiger partial charge on any atom is 0.148 e. The van der Waals surface area contributed by atoms with Gasteiger partial charge in [0.25, 0.3) is 0 Å². The van der Waals surface area contributed by atoms with Crippen molar-refractivity contribution in [3.63, 3.8) is 0 Å². The molecule has 3 rings (SSSR count). The number of aryl methyl sites for hydroxylation is 1. The van der Waals surface area contributed by atoms with Crippen molar-refractivity contribution in [2.75, 3.05) is 0 Å². The van der Waals surface area contributed by atoms with Crippen LogP contribution in [0.3, 0.4) is 0 Å². The predicted octanol–water partition coefficient (Wildman–Crippen LogP) is 1.58. The van der Waals surface area contributed by atoms with Crippen molar-refractivity contribution < 1.29 is 0 Å². The standard InChI is InChI=1S/C9H8N4S/c1-6-11-12-8-5-14-9-7(13(6)8)3-2-4-10-9/h2-4H,5H2,1H3. The first-order valence-electron chi connectivity index (χ1n) is 4.35. The third kappa shape index (κ3) is 0.988. The average Bonchev–Trinajstić information content (AvgIpc) is 2.61. The number of nitrogens with zero attached hydrogens (tertiary/aromatic N) is 4. The van der Waals surface area contributed by atoms with Gasteiger partial charge in [-0.1, -0.05) is 11.8 Å². The number of hydrogen-bond acceptors (Lipinski definition) is 4. The summed E-state index contributed by atoms with van der Waals surface area (Å²) in [6.45, 7) is 1.96. The van der Waals surface area contributed by atoms with Gasteiger partial charge in [0.1, 0.15) is 16.7 Å². The topological polar surface area (TPSA) is 43.6 Å². The third-order valence-electron chi connectivity index (χ3n) is 2.22. The van der Waals surface area contributed by atoms with E-state index in [9.17, 15) is 0 Å². The van der Waals surface area contributed by atoms with Crippen LogP contribution < -0.4 is 0 Å². The summed E-state index contributed by atoms with van der Waals surface area (Å²) in [5.74, 6) is 2.78. The summed E-state index contributed by atoms with van der Waals surface area (Å²) in [5.41, 5.74) is 1.10. The minimum atomic E-state index is 0.852. The van der Waals surface area contributed by atoms with Crippen molar-refractivity contribution in [2.24, 2.45) is 0 Å². The van der Waals surface area contributed by atoms with Gasteiger partial charge in [0.05, 0.1) is 11.4 Å². The molecular weight excluding hydrogens is 196 g/mol. The summed E-state index contributed by atoms with van der Waals surface area (Å²) in [5, 5.41) is 9.25. The Labute approximate surface area is 85.4 Å². The first-order chi connectivity index (χ1) is 6.86. The van der Waals surface area contributed by atoms with E-state index in [4.69, 9.17) is 0 Å². The zero-order valence-electron chi connectivity index (χ0n) is 7.64. The molecule has 4 nitrogen and oxygen atoms in total. The van der Waals surface area contributed by atoms with E-state index in [2.05, 4.69) is 19.7 Å². The quantitative estimate of drug-likeness (QED) is 0.653. The summed E-state index contributed by atoms with van der Waals surface area (Å²) >= 11 is 1.71. The molecule has 0 aromatic carbocycles. The molecule has 0 N–H and O–H groups in total. The van der Waals surface area contributed by atoms with E-state index in [0.717, 1.165) is 28.1 Å². The van der Waals surface area contributed by atoms with Crippen molar-refractivity contribution >= 4 is 11.8 Å². The molecular formula is C9H8N4S. The van der Waals surface area contributed by atoms with E-state index in [0.29, 0.717) is 0 Å². The maximum atomic E-state index is 4.33. The largest absolute Gasteiger partial charge is 0.280 e. The van der Waals surface area contributed by atoms with E-state index in [1.54, 1.807) is 11.8 Å². The minimum absolute atomic E-state index is 0.852. The molecule has 0 amide bonds. The third-order valence-corrected chi connectivity index (χ3v) is 3.21. The van der Waals surface area contributed by atoms with Gasteiger partial charge in [-0.2, -0.15) is 0 Å². The van der Waals surface area contributed by atoms with Crippen LogP contribution in [0.15, 0.2) is 23.4 Å².